The summed E-state index contributed by atoms with van der Waals surface area (Å²) in [5.74, 6) is 0.440. The molecule has 1 heterocycles. The molecular formula is C19H31N3O2. The minimum absolute atomic E-state index is 0.0237. The summed E-state index contributed by atoms with van der Waals surface area (Å²) in [6.45, 7) is 8.85. The summed E-state index contributed by atoms with van der Waals surface area (Å²) in [5, 5.41) is 15.1. The Balaban J connectivity index is 1.77. The summed E-state index contributed by atoms with van der Waals surface area (Å²) in [4.78, 5) is 14.4. The molecule has 0 fully saturated rings. The van der Waals surface area contributed by atoms with Crippen LogP contribution >= 0.6 is 0 Å². The third kappa shape index (κ3) is 5.49. The maximum atomic E-state index is 12.0. The van der Waals surface area contributed by atoms with Gasteiger partial charge in [-0.2, -0.15) is 0 Å². The lowest BCUT2D eigenvalue weighted by atomic mass is 9.99. The van der Waals surface area contributed by atoms with Crippen LogP contribution < -0.4 is 10.6 Å². The number of carbonyl (C=O) groups excluding carboxylic acids is 1. The highest BCUT2D eigenvalue weighted by atomic mass is 16.3. The number of aliphatic hydroxyl groups is 1. The molecule has 0 radical (unpaired) electrons. The fourth-order valence-electron chi connectivity index (χ4n) is 3.25. The molecule has 0 spiro atoms. The summed E-state index contributed by atoms with van der Waals surface area (Å²) in [6.07, 6.45) is 1.84. The number of amides is 2. The molecule has 5 heteroatoms. The van der Waals surface area contributed by atoms with Crippen molar-refractivity contribution < 1.29 is 9.90 Å². The number of benzene rings is 1. The number of carbonyl (C=O) groups is 1. The van der Waals surface area contributed by atoms with Crippen molar-refractivity contribution in [2.45, 2.75) is 52.2 Å². The second kappa shape index (κ2) is 9.04. The van der Waals surface area contributed by atoms with E-state index in [9.17, 15) is 9.90 Å². The van der Waals surface area contributed by atoms with Gasteiger partial charge >= 0.3 is 6.03 Å². The van der Waals surface area contributed by atoms with Crippen LogP contribution in [0.4, 0.5) is 4.79 Å². The zero-order chi connectivity index (χ0) is 17.5. The molecule has 134 valence electrons. The second-order valence-corrected chi connectivity index (χ2v) is 7.20. The largest absolute Gasteiger partial charge is 0.394 e. The molecule has 1 aromatic carbocycles. The van der Waals surface area contributed by atoms with Gasteiger partial charge in [0.05, 0.1) is 12.6 Å². The van der Waals surface area contributed by atoms with E-state index in [0.717, 1.165) is 25.9 Å². The average molecular weight is 333 g/mol. The van der Waals surface area contributed by atoms with Crippen LogP contribution in [0.2, 0.25) is 0 Å². The van der Waals surface area contributed by atoms with E-state index in [1.165, 1.54) is 11.1 Å². The van der Waals surface area contributed by atoms with Crippen LogP contribution in [-0.2, 0) is 13.0 Å². The first kappa shape index (κ1) is 18.7. The van der Waals surface area contributed by atoms with Crippen molar-refractivity contribution in [3.8, 4) is 0 Å². The Labute approximate surface area is 145 Å². The lowest BCUT2D eigenvalue weighted by Gasteiger charge is -2.34. The highest BCUT2D eigenvalue weighted by Gasteiger charge is 2.21. The monoisotopic (exact) mass is 333 g/mol. The van der Waals surface area contributed by atoms with Gasteiger partial charge in [-0.1, -0.05) is 38.1 Å². The van der Waals surface area contributed by atoms with E-state index in [1.807, 2.05) is 0 Å². The Morgan fingerprint density at radius 1 is 1.25 bits per heavy atom. The lowest BCUT2D eigenvalue weighted by Crippen LogP contribution is -2.49. The summed E-state index contributed by atoms with van der Waals surface area (Å²) >= 11 is 0. The third-order valence-electron chi connectivity index (χ3n) is 4.65. The van der Waals surface area contributed by atoms with Crippen molar-refractivity contribution in [1.82, 2.24) is 15.5 Å². The number of nitrogens with one attached hydrogen (secondary N) is 2. The standard InChI is InChI=1S/C19H31N3O2/c1-14(2)10-18(13-23)21-19(24)20-11-15(3)22-9-8-16-6-4-5-7-17(16)12-22/h4-7,14-15,18,23H,8-13H2,1-3H3,(H2,20,21,24). The molecule has 0 aliphatic carbocycles. The van der Waals surface area contributed by atoms with Gasteiger partial charge in [-0.05, 0) is 36.8 Å². The number of hydrogen-bond donors (Lipinski definition) is 3. The summed E-state index contributed by atoms with van der Waals surface area (Å²) in [7, 11) is 0. The fourth-order valence-corrected chi connectivity index (χ4v) is 3.25. The van der Waals surface area contributed by atoms with Crippen LogP contribution in [0.1, 0.15) is 38.3 Å². The van der Waals surface area contributed by atoms with Crippen molar-refractivity contribution in [1.29, 1.82) is 0 Å². The van der Waals surface area contributed by atoms with Gasteiger partial charge in [0.1, 0.15) is 0 Å². The van der Waals surface area contributed by atoms with Crippen LogP contribution in [0.25, 0.3) is 0 Å². The molecule has 3 N–H and O–H groups in total. The highest BCUT2D eigenvalue weighted by molar-refractivity contribution is 5.74. The topological polar surface area (TPSA) is 64.6 Å². The molecule has 2 unspecified atom stereocenters. The fraction of sp³-hybridized carbons (Fsp3) is 0.632. The van der Waals surface area contributed by atoms with Crippen LogP contribution in [0, 0.1) is 5.92 Å². The maximum absolute atomic E-state index is 12.0. The van der Waals surface area contributed by atoms with Crippen LogP contribution in [-0.4, -0.2) is 47.8 Å². The van der Waals surface area contributed by atoms with Gasteiger partial charge in [-0.3, -0.25) is 4.90 Å². The molecule has 2 rings (SSSR count). The Hall–Kier alpha value is -1.59. The molecule has 1 aliphatic rings. The number of nitrogens with zero attached hydrogens (tertiary/aromatic N) is 1. The Morgan fingerprint density at radius 3 is 2.62 bits per heavy atom. The normalized spacial score (nSPS) is 17.2. The Kier molecular flexibility index (Phi) is 7.06. The van der Waals surface area contributed by atoms with Crippen molar-refractivity contribution in [3.05, 3.63) is 35.4 Å². The van der Waals surface area contributed by atoms with Gasteiger partial charge in [0.15, 0.2) is 0 Å². The van der Waals surface area contributed by atoms with Gasteiger partial charge in [-0.15, -0.1) is 0 Å². The number of aliphatic hydroxyl groups excluding tert-OH is 1. The number of fused-ring (bicyclic) bond motifs is 1. The van der Waals surface area contributed by atoms with Crippen molar-refractivity contribution in [2.75, 3.05) is 19.7 Å². The van der Waals surface area contributed by atoms with Crippen LogP contribution in [0.3, 0.4) is 0 Å². The van der Waals surface area contributed by atoms with Crippen molar-refractivity contribution in [2.24, 2.45) is 5.92 Å². The first-order chi connectivity index (χ1) is 11.5. The van der Waals surface area contributed by atoms with Gasteiger partial charge in [-0.25, -0.2) is 4.79 Å². The van der Waals surface area contributed by atoms with E-state index in [0.29, 0.717) is 12.5 Å². The van der Waals surface area contributed by atoms with E-state index < -0.39 is 0 Å². The molecule has 1 aliphatic heterocycles. The summed E-state index contributed by atoms with van der Waals surface area (Å²) < 4.78 is 0. The smallest absolute Gasteiger partial charge is 0.315 e. The highest BCUT2D eigenvalue weighted by Crippen LogP contribution is 2.19. The van der Waals surface area contributed by atoms with E-state index in [4.69, 9.17) is 0 Å². The van der Waals surface area contributed by atoms with Gasteiger partial charge in [0.25, 0.3) is 0 Å². The molecule has 0 bridgehead atoms. The van der Waals surface area contributed by atoms with E-state index in [1.54, 1.807) is 0 Å². The van der Waals surface area contributed by atoms with Crippen LogP contribution in [0.5, 0.6) is 0 Å². The molecule has 0 saturated carbocycles. The summed E-state index contributed by atoms with van der Waals surface area (Å²) in [6, 6.07) is 8.47. The van der Waals surface area contributed by atoms with E-state index in [2.05, 4.69) is 60.6 Å². The first-order valence-corrected chi connectivity index (χ1v) is 8.95. The lowest BCUT2D eigenvalue weighted by molar-refractivity contribution is 0.180. The van der Waals surface area contributed by atoms with E-state index >= 15 is 0 Å². The second-order valence-electron chi connectivity index (χ2n) is 7.20. The molecule has 2 atom stereocenters. The van der Waals surface area contributed by atoms with Gasteiger partial charge < -0.3 is 15.7 Å². The van der Waals surface area contributed by atoms with E-state index in [-0.39, 0.29) is 24.7 Å². The van der Waals surface area contributed by atoms with Crippen molar-refractivity contribution >= 4 is 6.03 Å². The molecule has 2 amide bonds. The third-order valence-corrected chi connectivity index (χ3v) is 4.65. The number of rotatable bonds is 7. The number of hydrogen-bond acceptors (Lipinski definition) is 3. The molecule has 1 aromatic rings. The maximum Gasteiger partial charge on any atom is 0.315 e. The van der Waals surface area contributed by atoms with Crippen LogP contribution in [0.15, 0.2) is 24.3 Å². The predicted molar refractivity (Wildman–Crippen MR) is 96.9 cm³/mol. The molecule has 24 heavy (non-hydrogen) atoms. The van der Waals surface area contributed by atoms with Gasteiger partial charge in [0, 0.05) is 25.7 Å². The van der Waals surface area contributed by atoms with Gasteiger partial charge in [0.2, 0.25) is 0 Å². The quantitative estimate of drug-likeness (QED) is 0.716. The first-order valence-electron chi connectivity index (χ1n) is 8.95. The molecule has 5 nitrogen and oxygen atoms in total. The Bertz CT molecular complexity index is 533. The SMILES string of the molecule is CC(C)CC(CO)NC(=O)NCC(C)N1CCc2ccccc2C1. The minimum Gasteiger partial charge on any atom is -0.394 e. The summed E-state index contributed by atoms with van der Waals surface area (Å²) in [5.41, 5.74) is 2.82. The Morgan fingerprint density at radius 2 is 1.96 bits per heavy atom. The minimum atomic E-state index is -0.195. The zero-order valence-corrected chi connectivity index (χ0v) is 15.1. The molecule has 0 saturated heterocycles. The predicted octanol–water partition coefficient (Wildman–Crippen LogP) is 2.14. The average Bonchev–Trinajstić information content (AvgIpc) is 2.58. The van der Waals surface area contributed by atoms with Crippen molar-refractivity contribution in [3.63, 3.8) is 0 Å². The molecule has 0 aromatic heterocycles. The molecular weight excluding hydrogens is 302 g/mol. The number of urea groups is 1. The zero-order valence-electron chi connectivity index (χ0n) is 15.1.